The van der Waals surface area contributed by atoms with Crippen LogP contribution in [-0.4, -0.2) is 48.5 Å². The molecule has 2 aromatic rings. The van der Waals surface area contributed by atoms with Gasteiger partial charge >= 0.3 is 0 Å². The number of carbonyl (C=O) groups is 2. The lowest BCUT2D eigenvalue weighted by Gasteiger charge is -2.42. The minimum atomic E-state index is -0.261. The smallest absolute Gasteiger partial charge is 0.266 e. The quantitative estimate of drug-likeness (QED) is 0.838. The van der Waals surface area contributed by atoms with Crippen molar-refractivity contribution in [3.63, 3.8) is 0 Å². The van der Waals surface area contributed by atoms with Crippen LogP contribution in [-0.2, 0) is 9.59 Å². The second kappa shape index (κ2) is 6.67. The summed E-state index contributed by atoms with van der Waals surface area (Å²) in [5.74, 6) is 1.32. The van der Waals surface area contributed by atoms with Gasteiger partial charge in [0.2, 0.25) is 5.91 Å². The minimum absolute atomic E-state index is 0.0111. The summed E-state index contributed by atoms with van der Waals surface area (Å²) >= 11 is 0. The molecule has 0 N–H and O–H groups in total. The van der Waals surface area contributed by atoms with E-state index in [1.54, 1.807) is 30.3 Å². The van der Waals surface area contributed by atoms with Crippen LogP contribution < -0.4 is 14.4 Å². The van der Waals surface area contributed by atoms with Crippen LogP contribution in [0.5, 0.6) is 11.5 Å². The van der Waals surface area contributed by atoms with Crippen molar-refractivity contribution in [3.8, 4) is 11.5 Å². The molecule has 4 rings (SSSR count). The van der Waals surface area contributed by atoms with Gasteiger partial charge in [-0.2, -0.15) is 0 Å². The molecular weight excluding hydrogens is 334 g/mol. The molecule has 1 aromatic carbocycles. The summed E-state index contributed by atoms with van der Waals surface area (Å²) in [5.41, 5.74) is 1.04. The van der Waals surface area contributed by atoms with Crippen LogP contribution in [0.2, 0.25) is 0 Å². The highest BCUT2D eigenvalue weighted by molar-refractivity contribution is 6.01. The monoisotopic (exact) mass is 353 g/mol. The third kappa shape index (κ3) is 2.85. The molecule has 7 heteroatoms. The van der Waals surface area contributed by atoms with Crippen molar-refractivity contribution in [2.24, 2.45) is 0 Å². The molecule has 2 amide bonds. The molecule has 0 unspecified atom stereocenters. The van der Waals surface area contributed by atoms with Gasteiger partial charge in [-0.05, 0) is 36.2 Å². The fourth-order valence-electron chi connectivity index (χ4n) is 3.30. The first kappa shape index (κ1) is 16.4. The summed E-state index contributed by atoms with van der Waals surface area (Å²) < 4.78 is 10.6. The number of likely N-dealkylation sites (tertiary alicyclic amines) is 1. The Bertz CT molecular complexity index is 854. The summed E-state index contributed by atoms with van der Waals surface area (Å²) in [4.78, 5) is 32.4. The van der Waals surface area contributed by atoms with Crippen LogP contribution in [0.15, 0.2) is 42.6 Å². The van der Waals surface area contributed by atoms with Crippen LogP contribution in [0.1, 0.15) is 18.0 Å². The van der Waals surface area contributed by atoms with Crippen LogP contribution in [0, 0.1) is 0 Å². The molecule has 7 nitrogen and oxygen atoms in total. The SMILES string of the molecule is COc1cccc([C@@H]2CCN2C(=O)CN2C(=O)COc3cccnc32)c1. The molecule has 1 saturated heterocycles. The van der Waals surface area contributed by atoms with E-state index in [1.807, 2.05) is 24.3 Å². The topological polar surface area (TPSA) is 72.0 Å². The number of rotatable bonds is 4. The van der Waals surface area contributed by atoms with Crippen LogP contribution >= 0.6 is 0 Å². The Hall–Kier alpha value is -3.09. The Morgan fingerprint density at radius 2 is 2.23 bits per heavy atom. The van der Waals surface area contributed by atoms with E-state index in [9.17, 15) is 9.59 Å². The molecular formula is C19H19N3O4. The predicted octanol–water partition coefficient (Wildman–Crippen LogP) is 1.79. The zero-order chi connectivity index (χ0) is 18.1. The van der Waals surface area contributed by atoms with Crippen LogP contribution in [0.4, 0.5) is 5.82 Å². The number of methoxy groups -OCH3 is 1. The number of anilines is 1. The lowest BCUT2D eigenvalue weighted by Crippen LogP contribution is -2.51. The first-order chi connectivity index (χ1) is 12.7. The minimum Gasteiger partial charge on any atom is -0.497 e. The molecule has 0 spiro atoms. The van der Waals surface area contributed by atoms with E-state index in [1.165, 1.54) is 4.90 Å². The molecule has 3 heterocycles. The molecule has 1 aromatic heterocycles. The number of amides is 2. The number of fused-ring (bicyclic) bond motifs is 1. The van der Waals surface area contributed by atoms with Gasteiger partial charge in [-0.1, -0.05) is 12.1 Å². The predicted molar refractivity (Wildman–Crippen MR) is 94.2 cm³/mol. The average molecular weight is 353 g/mol. The summed E-state index contributed by atoms with van der Waals surface area (Å²) in [7, 11) is 1.62. The number of ether oxygens (including phenoxy) is 2. The third-order valence-electron chi connectivity index (χ3n) is 4.77. The number of nitrogens with zero attached hydrogens (tertiary/aromatic N) is 3. The van der Waals surface area contributed by atoms with Crippen molar-refractivity contribution in [3.05, 3.63) is 48.2 Å². The van der Waals surface area contributed by atoms with E-state index >= 15 is 0 Å². The number of hydrogen-bond acceptors (Lipinski definition) is 5. The Balaban J connectivity index is 1.51. The number of pyridine rings is 1. The maximum Gasteiger partial charge on any atom is 0.266 e. The number of hydrogen-bond donors (Lipinski definition) is 0. The molecule has 1 atom stereocenters. The lowest BCUT2D eigenvalue weighted by molar-refractivity contribution is -0.139. The van der Waals surface area contributed by atoms with Crippen molar-refractivity contribution >= 4 is 17.6 Å². The molecule has 134 valence electrons. The third-order valence-corrected chi connectivity index (χ3v) is 4.77. The summed E-state index contributed by atoms with van der Waals surface area (Å²) in [6.45, 7) is 0.562. The van der Waals surface area contributed by atoms with E-state index in [-0.39, 0.29) is 31.0 Å². The van der Waals surface area contributed by atoms with Gasteiger partial charge in [0.25, 0.3) is 5.91 Å². The van der Waals surface area contributed by atoms with Crippen molar-refractivity contribution in [2.45, 2.75) is 12.5 Å². The number of aromatic nitrogens is 1. The zero-order valence-corrected chi connectivity index (χ0v) is 14.4. The zero-order valence-electron chi connectivity index (χ0n) is 14.4. The average Bonchev–Trinajstić information content (AvgIpc) is 2.63. The number of carbonyl (C=O) groups excluding carboxylic acids is 2. The Morgan fingerprint density at radius 1 is 1.35 bits per heavy atom. The fourth-order valence-corrected chi connectivity index (χ4v) is 3.30. The van der Waals surface area contributed by atoms with Gasteiger partial charge in [-0.3, -0.25) is 14.5 Å². The summed E-state index contributed by atoms with van der Waals surface area (Å²) in [6, 6.07) is 11.2. The highest BCUT2D eigenvalue weighted by Gasteiger charge is 2.36. The second-order valence-electron chi connectivity index (χ2n) is 6.26. The Morgan fingerprint density at radius 3 is 3.00 bits per heavy atom. The van der Waals surface area contributed by atoms with Crippen LogP contribution in [0.3, 0.4) is 0 Å². The first-order valence-electron chi connectivity index (χ1n) is 8.49. The molecule has 26 heavy (non-hydrogen) atoms. The van der Waals surface area contributed by atoms with Crippen LogP contribution in [0.25, 0.3) is 0 Å². The van der Waals surface area contributed by atoms with Crippen molar-refractivity contribution in [1.82, 2.24) is 9.88 Å². The summed E-state index contributed by atoms with van der Waals surface area (Å²) in [5, 5.41) is 0. The first-order valence-corrected chi connectivity index (χ1v) is 8.49. The highest BCUT2D eigenvalue weighted by Crippen LogP contribution is 2.35. The van der Waals surface area contributed by atoms with Gasteiger partial charge in [-0.15, -0.1) is 0 Å². The number of benzene rings is 1. The van der Waals surface area contributed by atoms with Gasteiger partial charge in [0, 0.05) is 12.7 Å². The Kier molecular flexibility index (Phi) is 4.20. The molecule has 1 fully saturated rings. The summed E-state index contributed by atoms with van der Waals surface area (Å²) in [6.07, 6.45) is 2.48. The van der Waals surface area contributed by atoms with Gasteiger partial charge in [0.15, 0.2) is 18.2 Å². The van der Waals surface area contributed by atoms with E-state index in [0.29, 0.717) is 18.1 Å². The van der Waals surface area contributed by atoms with Crippen molar-refractivity contribution in [2.75, 3.05) is 31.7 Å². The molecule has 0 bridgehead atoms. The molecule has 0 radical (unpaired) electrons. The van der Waals surface area contributed by atoms with E-state index in [0.717, 1.165) is 17.7 Å². The van der Waals surface area contributed by atoms with Gasteiger partial charge in [0.05, 0.1) is 13.2 Å². The molecule has 0 aliphatic carbocycles. The van der Waals surface area contributed by atoms with E-state index in [4.69, 9.17) is 9.47 Å². The normalized spacial score (nSPS) is 18.7. The largest absolute Gasteiger partial charge is 0.497 e. The van der Waals surface area contributed by atoms with E-state index < -0.39 is 0 Å². The molecule has 2 aliphatic rings. The van der Waals surface area contributed by atoms with Gasteiger partial charge in [0.1, 0.15) is 12.3 Å². The highest BCUT2D eigenvalue weighted by atomic mass is 16.5. The van der Waals surface area contributed by atoms with Gasteiger partial charge in [-0.25, -0.2) is 4.98 Å². The Labute approximate surface area is 151 Å². The van der Waals surface area contributed by atoms with Gasteiger partial charge < -0.3 is 14.4 Å². The second-order valence-corrected chi connectivity index (χ2v) is 6.26. The fraction of sp³-hybridized carbons (Fsp3) is 0.316. The lowest BCUT2D eigenvalue weighted by atomic mass is 9.94. The maximum absolute atomic E-state index is 12.8. The van der Waals surface area contributed by atoms with E-state index in [2.05, 4.69) is 4.98 Å². The van der Waals surface area contributed by atoms with Crippen molar-refractivity contribution in [1.29, 1.82) is 0 Å². The van der Waals surface area contributed by atoms with Crippen molar-refractivity contribution < 1.29 is 19.1 Å². The maximum atomic E-state index is 12.8. The molecule has 0 saturated carbocycles. The molecule has 2 aliphatic heterocycles. The standard InChI is InChI=1S/C19H19N3O4/c1-25-14-5-2-4-13(10-14)15-7-9-21(15)17(23)11-22-18(24)12-26-16-6-3-8-20-19(16)22/h2-6,8,10,15H,7,9,11-12H2,1H3/t15-/m0/s1.